The van der Waals surface area contributed by atoms with E-state index in [9.17, 15) is 22.4 Å². The Bertz CT molecular complexity index is 1180. The lowest BCUT2D eigenvalue weighted by molar-refractivity contribution is -0.138. The van der Waals surface area contributed by atoms with Crippen molar-refractivity contribution in [2.75, 3.05) is 0 Å². The number of carbonyl (C=O) groups excluding carboxylic acids is 1. The summed E-state index contributed by atoms with van der Waals surface area (Å²) in [5, 5.41) is 2.37. The molecule has 0 bridgehead atoms. The molecular weight excluding hydrogens is 390 g/mol. The third-order valence-electron chi connectivity index (χ3n) is 4.41. The minimum atomic E-state index is -4.74. The number of amides is 1. The molecule has 148 valence electrons. The molecule has 10 heteroatoms. The first-order valence-corrected chi connectivity index (χ1v) is 8.43. The van der Waals surface area contributed by atoms with Crippen LogP contribution in [0.2, 0.25) is 0 Å². The average molecular weight is 403 g/mol. The monoisotopic (exact) mass is 403 g/mol. The maximum atomic E-state index is 14.0. The third-order valence-corrected chi connectivity index (χ3v) is 4.41. The van der Waals surface area contributed by atoms with E-state index in [1.807, 2.05) is 0 Å². The second-order valence-electron chi connectivity index (χ2n) is 6.21. The van der Waals surface area contributed by atoms with Crippen molar-refractivity contribution in [3.05, 3.63) is 77.9 Å². The predicted molar refractivity (Wildman–Crippen MR) is 95.8 cm³/mol. The fourth-order valence-corrected chi connectivity index (χ4v) is 3.04. The van der Waals surface area contributed by atoms with Gasteiger partial charge in [0.1, 0.15) is 5.82 Å². The van der Waals surface area contributed by atoms with Gasteiger partial charge < -0.3 is 14.9 Å². The van der Waals surface area contributed by atoms with E-state index in [2.05, 4.69) is 20.3 Å². The van der Waals surface area contributed by atoms with Crippen LogP contribution in [0.25, 0.3) is 16.7 Å². The van der Waals surface area contributed by atoms with Crippen LogP contribution in [-0.2, 0) is 12.7 Å². The van der Waals surface area contributed by atoms with Gasteiger partial charge in [-0.05, 0) is 24.3 Å². The summed E-state index contributed by atoms with van der Waals surface area (Å²) in [6.45, 7) is -0.620. The quantitative estimate of drug-likeness (QED) is 0.509. The number of rotatable bonds is 4. The molecule has 0 aliphatic carbocycles. The number of aromatic nitrogens is 4. The van der Waals surface area contributed by atoms with Crippen molar-refractivity contribution in [3.63, 3.8) is 0 Å². The molecule has 0 fully saturated rings. The van der Waals surface area contributed by atoms with E-state index >= 15 is 0 Å². The number of hydrogen-bond donors (Lipinski definition) is 2. The lowest BCUT2D eigenvalue weighted by atomic mass is 10.1. The molecule has 0 aliphatic rings. The van der Waals surface area contributed by atoms with Crippen LogP contribution in [0.15, 0.2) is 55.4 Å². The van der Waals surface area contributed by atoms with Crippen molar-refractivity contribution in [3.8, 4) is 5.69 Å². The number of fused-ring (bicyclic) bond motifs is 1. The van der Waals surface area contributed by atoms with E-state index < -0.39 is 35.6 Å². The molecule has 29 heavy (non-hydrogen) atoms. The number of hydrogen-bond acceptors (Lipinski definition) is 3. The molecule has 0 unspecified atom stereocenters. The number of benzene rings is 2. The van der Waals surface area contributed by atoms with Gasteiger partial charge in [-0.15, -0.1) is 0 Å². The van der Waals surface area contributed by atoms with Crippen LogP contribution >= 0.6 is 0 Å². The molecule has 1 amide bonds. The van der Waals surface area contributed by atoms with Gasteiger partial charge in [0.15, 0.2) is 0 Å². The molecule has 0 spiro atoms. The van der Waals surface area contributed by atoms with Gasteiger partial charge in [-0.3, -0.25) is 4.79 Å². The highest BCUT2D eigenvalue weighted by molar-refractivity contribution is 6.05. The van der Waals surface area contributed by atoms with Crippen molar-refractivity contribution in [1.29, 1.82) is 0 Å². The normalized spacial score (nSPS) is 11.7. The molecule has 2 aromatic carbocycles. The Hall–Kier alpha value is -3.69. The summed E-state index contributed by atoms with van der Waals surface area (Å²) >= 11 is 0. The predicted octanol–water partition coefficient (Wildman–Crippen LogP) is 3.84. The Morgan fingerprint density at radius 1 is 1.24 bits per heavy atom. The lowest BCUT2D eigenvalue weighted by Crippen LogP contribution is -2.25. The summed E-state index contributed by atoms with van der Waals surface area (Å²) in [7, 11) is 0. The van der Waals surface area contributed by atoms with Gasteiger partial charge >= 0.3 is 6.18 Å². The Balaban J connectivity index is 1.67. The highest BCUT2D eigenvalue weighted by atomic mass is 19.4. The summed E-state index contributed by atoms with van der Waals surface area (Å²) in [5.74, 6) is -1.71. The summed E-state index contributed by atoms with van der Waals surface area (Å²) in [6.07, 6.45) is 1.43. The zero-order valence-corrected chi connectivity index (χ0v) is 14.7. The summed E-state index contributed by atoms with van der Waals surface area (Å²) < 4.78 is 55.1. The van der Waals surface area contributed by atoms with E-state index in [1.54, 1.807) is 29.1 Å². The fourth-order valence-electron chi connectivity index (χ4n) is 3.04. The van der Waals surface area contributed by atoms with Crippen molar-refractivity contribution >= 4 is 16.9 Å². The molecule has 0 atom stereocenters. The zero-order valence-electron chi connectivity index (χ0n) is 14.7. The molecule has 0 saturated heterocycles. The van der Waals surface area contributed by atoms with Gasteiger partial charge in [-0.2, -0.15) is 13.2 Å². The van der Waals surface area contributed by atoms with Gasteiger partial charge in [-0.25, -0.2) is 14.4 Å². The van der Waals surface area contributed by atoms with E-state index in [0.717, 1.165) is 18.2 Å². The number of carbonyl (C=O) groups is 1. The maximum absolute atomic E-state index is 14.0. The number of nitrogens with one attached hydrogen (secondary N) is 2. The average Bonchev–Trinajstić information content (AvgIpc) is 3.36. The molecule has 4 aromatic rings. The van der Waals surface area contributed by atoms with Crippen LogP contribution in [0.5, 0.6) is 0 Å². The molecule has 6 nitrogen and oxygen atoms in total. The standard InChI is InChI=1S/C19H13F4N5O/c20-15-3-1-2-14(19(21,22)23)13(15)8-25-18(29)12-6-11(28-5-4-24-10-28)7-16-17(12)27-9-26-16/h1-7,9-10H,8H2,(H,25,29)(H,26,27). The fraction of sp³-hybridized carbons (Fsp3) is 0.105. The topological polar surface area (TPSA) is 75.6 Å². The largest absolute Gasteiger partial charge is 0.416 e. The van der Waals surface area contributed by atoms with E-state index in [0.29, 0.717) is 16.7 Å². The van der Waals surface area contributed by atoms with E-state index in [1.165, 1.54) is 12.7 Å². The molecule has 0 radical (unpaired) electrons. The number of aromatic amines is 1. The third kappa shape index (κ3) is 3.56. The minimum absolute atomic E-state index is 0.161. The van der Waals surface area contributed by atoms with Crippen LogP contribution in [-0.4, -0.2) is 25.4 Å². The second kappa shape index (κ2) is 7.04. The van der Waals surface area contributed by atoms with Crippen LogP contribution in [0.3, 0.4) is 0 Å². The molecule has 2 aromatic heterocycles. The smallest absolute Gasteiger partial charge is 0.348 e. The molecule has 2 heterocycles. The van der Waals surface area contributed by atoms with E-state index in [4.69, 9.17) is 0 Å². The van der Waals surface area contributed by atoms with Crippen LogP contribution in [0.1, 0.15) is 21.5 Å². The zero-order chi connectivity index (χ0) is 20.6. The summed E-state index contributed by atoms with van der Waals surface area (Å²) in [4.78, 5) is 23.7. The number of H-pyrrole nitrogens is 1. The Labute approximate surface area is 161 Å². The second-order valence-corrected chi connectivity index (χ2v) is 6.21. The van der Waals surface area contributed by atoms with Crippen molar-refractivity contribution in [2.45, 2.75) is 12.7 Å². The highest BCUT2D eigenvalue weighted by Gasteiger charge is 2.34. The number of imidazole rings is 2. The SMILES string of the molecule is O=C(NCc1c(F)cccc1C(F)(F)F)c1cc(-n2ccnc2)cc2nc[nH]c12. The summed E-state index contributed by atoms with van der Waals surface area (Å²) in [6, 6.07) is 5.94. The first kappa shape index (κ1) is 18.7. The number of halogens is 4. The molecular formula is C19H13F4N5O. The molecule has 0 saturated carbocycles. The lowest BCUT2D eigenvalue weighted by Gasteiger charge is -2.14. The highest BCUT2D eigenvalue weighted by Crippen LogP contribution is 2.33. The molecule has 2 N–H and O–H groups in total. The molecule has 4 rings (SSSR count). The number of nitrogens with zero attached hydrogens (tertiary/aromatic N) is 3. The Morgan fingerprint density at radius 2 is 2.07 bits per heavy atom. The van der Waals surface area contributed by atoms with Gasteiger partial charge in [0.05, 0.1) is 34.8 Å². The number of alkyl halides is 3. The van der Waals surface area contributed by atoms with Gasteiger partial charge in [0.25, 0.3) is 5.91 Å². The first-order chi connectivity index (χ1) is 13.8. The minimum Gasteiger partial charge on any atom is -0.348 e. The van der Waals surface area contributed by atoms with Gasteiger partial charge in [-0.1, -0.05) is 6.07 Å². The molecule has 0 aliphatic heterocycles. The first-order valence-electron chi connectivity index (χ1n) is 8.43. The van der Waals surface area contributed by atoms with E-state index in [-0.39, 0.29) is 5.56 Å². The van der Waals surface area contributed by atoms with Crippen LogP contribution < -0.4 is 5.32 Å². The van der Waals surface area contributed by atoms with Crippen molar-refractivity contribution < 1.29 is 22.4 Å². The van der Waals surface area contributed by atoms with Crippen LogP contribution in [0, 0.1) is 5.82 Å². The van der Waals surface area contributed by atoms with Gasteiger partial charge in [0, 0.05) is 30.2 Å². The van der Waals surface area contributed by atoms with Gasteiger partial charge in [0.2, 0.25) is 0 Å². The Morgan fingerprint density at radius 3 is 2.79 bits per heavy atom. The maximum Gasteiger partial charge on any atom is 0.416 e. The van der Waals surface area contributed by atoms with Crippen LogP contribution in [0.4, 0.5) is 17.6 Å². The Kier molecular flexibility index (Phi) is 4.53. The van der Waals surface area contributed by atoms with Crippen molar-refractivity contribution in [1.82, 2.24) is 24.8 Å². The van der Waals surface area contributed by atoms with Crippen molar-refractivity contribution in [2.24, 2.45) is 0 Å². The summed E-state index contributed by atoms with van der Waals surface area (Å²) in [5.41, 5.74) is -0.0986.